The first kappa shape index (κ1) is 69.3. The summed E-state index contributed by atoms with van der Waals surface area (Å²) < 4.78 is 16.9. The lowest BCUT2D eigenvalue weighted by Gasteiger charge is -2.18. The smallest absolute Gasteiger partial charge is 0.306 e. The second-order valence-corrected chi connectivity index (χ2v) is 20.2. The molecular formula is C67H114O6. The van der Waals surface area contributed by atoms with E-state index in [0.717, 1.165) is 103 Å². The summed E-state index contributed by atoms with van der Waals surface area (Å²) in [6.07, 6.45) is 81.2. The maximum atomic E-state index is 12.9. The maximum absolute atomic E-state index is 12.9. The van der Waals surface area contributed by atoms with Gasteiger partial charge in [-0.3, -0.25) is 14.4 Å². The predicted molar refractivity (Wildman–Crippen MR) is 316 cm³/mol. The molecule has 0 bridgehead atoms. The van der Waals surface area contributed by atoms with Crippen LogP contribution in [-0.4, -0.2) is 37.2 Å². The lowest BCUT2D eigenvalue weighted by Crippen LogP contribution is -2.30. The quantitative estimate of drug-likeness (QED) is 0.0261. The summed E-state index contributed by atoms with van der Waals surface area (Å²) >= 11 is 0. The summed E-state index contributed by atoms with van der Waals surface area (Å²) in [5, 5.41) is 0. The van der Waals surface area contributed by atoms with Crippen molar-refractivity contribution >= 4 is 17.9 Å². The van der Waals surface area contributed by atoms with Gasteiger partial charge in [0.15, 0.2) is 6.10 Å². The lowest BCUT2D eigenvalue weighted by atomic mass is 10.1. The Morgan fingerprint density at radius 3 is 0.877 bits per heavy atom. The molecule has 1 unspecified atom stereocenters. The number of ether oxygens (including phenoxy) is 3. The van der Waals surface area contributed by atoms with E-state index < -0.39 is 6.10 Å². The Morgan fingerprint density at radius 2 is 0.534 bits per heavy atom. The highest BCUT2D eigenvalue weighted by Gasteiger charge is 2.19. The topological polar surface area (TPSA) is 78.9 Å². The van der Waals surface area contributed by atoms with Gasteiger partial charge < -0.3 is 14.2 Å². The summed E-state index contributed by atoms with van der Waals surface area (Å²) in [6, 6.07) is 0. The van der Waals surface area contributed by atoms with Crippen LogP contribution in [0, 0.1) is 0 Å². The van der Waals surface area contributed by atoms with Gasteiger partial charge in [-0.2, -0.15) is 0 Å². The Bertz CT molecular complexity index is 1440. The molecule has 0 fully saturated rings. The summed E-state index contributed by atoms with van der Waals surface area (Å²) in [4.78, 5) is 38.3. The molecule has 0 spiro atoms. The van der Waals surface area contributed by atoms with Crippen LogP contribution in [0.1, 0.15) is 290 Å². The van der Waals surface area contributed by atoms with E-state index in [1.165, 1.54) is 148 Å². The average molecular weight is 1020 g/mol. The van der Waals surface area contributed by atoms with Crippen LogP contribution in [0.3, 0.4) is 0 Å². The number of hydrogen-bond donors (Lipinski definition) is 0. The van der Waals surface area contributed by atoms with E-state index in [-0.39, 0.29) is 31.1 Å². The fourth-order valence-electron chi connectivity index (χ4n) is 8.44. The van der Waals surface area contributed by atoms with Crippen LogP contribution in [0.5, 0.6) is 0 Å². The van der Waals surface area contributed by atoms with Gasteiger partial charge in [0, 0.05) is 19.3 Å². The van der Waals surface area contributed by atoms with Crippen molar-refractivity contribution in [1.29, 1.82) is 0 Å². The van der Waals surface area contributed by atoms with Crippen LogP contribution in [0.4, 0.5) is 0 Å². The van der Waals surface area contributed by atoms with Gasteiger partial charge in [0.2, 0.25) is 0 Å². The third-order valence-electron chi connectivity index (χ3n) is 13.0. The Balaban J connectivity index is 4.48. The van der Waals surface area contributed by atoms with Crippen LogP contribution in [0.15, 0.2) is 97.2 Å². The zero-order valence-electron chi connectivity index (χ0n) is 47.9. The molecule has 418 valence electrons. The van der Waals surface area contributed by atoms with Crippen molar-refractivity contribution in [3.05, 3.63) is 97.2 Å². The monoisotopic (exact) mass is 1010 g/mol. The molecule has 0 heterocycles. The highest BCUT2D eigenvalue weighted by molar-refractivity contribution is 5.71. The molecule has 0 amide bonds. The molecule has 6 heteroatoms. The van der Waals surface area contributed by atoms with Gasteiger partial charge in [-0.1, -0.05) is 246 Å². The molecular weight excluding hydrogens is 901 g/mol. The summed E-state index contributed by atoms with van der Waals surface area (Å²) in [5.74, 6) is -0.947. The predicted octanol–water partition coefficient (Wildman–Crippen LogP) is 20.9. The van der Waals surface area contributed by atoms with Crippen LogP contribution >= 0.6 is 0 Å². The molecule has 0 aromatic heterocycles. The van der Waals surface area contributed by atoms with E-state index >= 15 is 0 Å². The molecule has 0 aliphatic heterocycles. The van der Waals surface area contributed by atoms with E-state index in [2.05, 4.69) is 118 Å². The minimum Gasteiger partial charge on any atom is -0.462 e. The van der Waals surface area contributed by atoms with Crippen molar-refractivity contribution in [2.45, 2.75) is 297 Å². The number of allylic oxidation sites excluding steroid dienone is 16. The highest BCUT2D eigenvalue weighted by Crippen LogP contribution is 2.15. The fraction of sp³-hybridized carbons (Fsp3) is 0.716. The van der Waals surface area contributed by atoms with E-state index in [1.807, 2.05) is 0 Å². The molecule has 0 rings (SSSR count). The molecule has 0 saturated heterocycles. The van der Waals surface area contributed by atoms with Crippen molar-refractivity contribution in [2.75, 3.05) is 13.2 Å². The minimum atomic E-state index is -0.803. The van der Waals surface area contributed by atoms with Gasteiger partial charge in [-0.15, -0.1) is 0 Å². The third-order valence-corrected chi connectivity index (χ3v) is 13.0. The maximum Gasteiger partial charge on any atom is 0.306 e. The van der Waals surface area contributed by atoms with Gasteiger partial charge in [-0.25, -0.2) is 0 Å². The number of esters is 3. The van der Waals surface area contributed by atoms with E-state index in [9.17, 15) is 14.4 Å². The second kappa shape index (κ2) is 60.9. The molecule has 0 aromatic carbocycles. The molecule has 0 aliphatic rings. The summed E-state index contributed by atoms with van der Waals surface area (Å²) in [6.45, 7) is 6.49. The molecule has 73 heavy (non-hydrogen) atoms. The summed E-state index contributed by atoms with van der Waals surface area (Å²) in [7, 11) is 0. The van der Waals surface area contributed by atoms with Crippen molar-refractivity contribution in [2.24, 2.45) is 0 Å². The Hall–Kier alpha value is -3.67. The number of unbranched alkanes of at least 4 members (excludes halogenated alkanes) is 28. The molecule has 0 N–H and O–H groups in total. The third kappa shape index (κ3) is 59.1. The van der Waals surface area contributed by atoms with Crippen LogP contribution in [-0.2, 0) is 28.6 Å². The second-order valence-electron chi connectivity index (χ2n) is 20.2. The number of rotatable bonds is 55. The van der Waals surface area contributed by atoms with Crippen molar-refractivity contribution < 1.29 is 28.6 Å². The normalized spacial score (nSPS) is 12.8. The average Bonchev–Trinajstić information content (AvgIpc) is 3.39. The first-order chi connectivity index (χ1) is 36.0. The Morgan fingerprint density at radius 1 is 0.288 bits per heavy atom. The first-order valence-corrected chi connectivity index (χ1v) is 30.7. The van der Waals surface area contributed by atoms with Gasteiger partial charge >= 0.3 is 17.9 Å². The van der Waals surface area contributed by atoms with Crippen LogP contribution < -0.4 is 0 Å². The van der Waals surface area contributed by atoms with Crippen LogP contribution in [0.25, 0.3) is 0 Å². The van der Waals surface area contributed by atoms with Crippen molar-refractivity contribution in [3.63, 3.8) is 0 Å². The molecule has 0 saturated carbocycles. The van der Waals surface area contributed by atoms with Gasteiger partial charge in [0.1, 0.15) is 13.2 Å². The van der Waals surface area contributed by atoms with Gasteiger partial charge in [0.25, 0.3) is 0 Å². The number of carbonyl (C=O) groups excluding carboxylic acids is 3. The fourth-order valence-corrected chi connectivity index (χ4v) is 8.44. The van der Waals surface area contributed by atoms with Gasteiger partial charge in [-0.05, 0) is 122 Å². The molecule has 1 atom stereocenters. The Kier molecular flexibility index (Phi) is 57.8. The molecule has 0 aromatic rings. The zero-order chi connectivity index (χ0) is 52.9. The summed E-state index contributed by atoms with van der Waals surface area (Å²) in [5.41, 5.74) is 0. The van der Waals surface area contributed by atoms with Crippen molar-refractivity contribution in [3.8, 4) is 0 Å². The standard InChI is InChI=1S/C67H114O6/c1-4-7-10-13-16-19-22-25-28-31-33-34-35-37-39-42-45-48-51-54-57-60-66(69)72-63-64(62-71-65(68)59-56-53-50-47-44-41-38-30-27-24-21-18-15-12-9-6-3)73-67(70)61-58-55-52-49-46-43-40-36-32-29-26-23-20-17-14-11-8-5-2/h7,10,16,19,25,28-30,32-34,37-39,45,48,64H,4-6,8-9,11-15,17-18,20-24,26-27,31,35-36,40-44,46-47,49-63H2,1-3H3/b10-7-,19-16-,28-25-,32-29-,34-33-,38-30-,39-37-,48-45-. The SMILES string of the molecule is CC/C=C\C/C=C\C/C=C\C/C=C\C/C=C\C/C=C\CCCCC(=O)OCC(COC(=O)CCCCCCC/C=C\CCCCCCCCC)OC(=O)CCCCCCCCC/C=C\CCCCCCCCC. The number of carbonyl (C=O) groups is 3. The van der Waals surface area contributed by atoms with Gasteiger partial charge in [0.05, 0.1) is 0 Å². The molecule has 0 radical (unpaired) electrons. The highest BCUT2D eigenvalue weighted by atomic mass is 16.6. The molecule has 0 aliphatic carbocycles. The lowest BCUT2D eigenvalue weighted by molar-refractivity contribution is -0.167. The zero-order valence-corrected chi connectivity index (χ0v) is 47.9. The minimum absolute atomic E-state index is 0.0972. The van der Waals surface area contributed by atoms with E-state index in [0.29, 0.717) is 19.3 Å². The largest absolute Gasteiger partial charge is 0.462 e. The van der Waals surface area contributed by atoms with E-state index in [1.54, 1.807) is 0 Å². The van der Waals surface area contributed by atoms with Crippen LogP contribution in [0.2, 0.25) is 0 Å². The first-order valence-electron chi connectivity index (χ1n) is 30.7. The molecule has 6 nitrogen and oxygen atoms in total. The Labute approximate surface area is 451 Å². The van der Waals surface area contributed by atoms with E-state index in [4.69, 9.17) is 14.2 Å². The number of hydrogen-bond acceptors (Lipinski definition) is 6. The van der Waals surface area contributed by atoms with Crippen molar-refractivity contribution in [1.82, 2.24) is 0 Å².